The molecule has 0 bridgehead atoms. The highest BCUT2D eigenvalue weighted by molar-refractivity contribution is 6.28. The van der Waals surface area contributed by atoms with Crippen molar-refractivity contribution in [3.8, 4) is 0 Å². The molecule has 102 valence electrons. The molecule has 3 rings (SSSR count). The molecule has 0 amide bonds. The van der Waals surface area contributed by atoms with Crippen LogP contribution < -0.4 is 0 Å². The number of benzene rings is 1. The zero-order valence-electron chi connectivity index (χ0n) is 10.5. The van der Waals surface area contributed by atoms with Crippen LogP contribution in [0.25, 0.3) is 0 Å². The van der Waals surface area contributed by atoms with Gasteiger partial charge in [0.15, 0.2) is 11.6 Å². The lowest BCUT2D eigenvalue weighted by atomic mass is 9.76. The van der Waals surface area contributed by atoms with Crippen LogP contribution in [0.3, 0.4) is 0 Å². The number of carbonyl (C=O) groups is 4. The number of hydrogen-bond donors (Lipinski definition) is 0. The van der Waals surface area contributed by atoms with Gasteiger partial charge in [-0.25, -0.2) is 4.39 Å². The van der Waals surface area contributed by atoms with E-state index in [2.05, 4.69) is 0 Å². The number of rotatable bonds is 1. The Hall–Kier alpha value is -2.17. The summed E-state index contributed by atoms with van der Waals surface area (Å²) in [4.78, 5) is 47.6. The summed E-state index contributed by atoms with van der Waals surface area (Å²) in [6, 6.07) is 3.44. The Morgan fingerprint density at radius 1 is 1.00 bits per heavy atom. The van der Waals surface area contributed by atoms with Crippen molar-refractivity contribution in [1.29, 1.82) is 0 Å². The van der Waals surface area contributed by atoms with Crippen molar-refractivity contribution in [1.82, 2.24) is 0 Å². The number of carbonyl (C=O) groups excluding carboxylic acids is 4. The molecule has 5 heteroatoms. The second-order valence-corrected chi connectivity index (χ2v) is 5.22. The van der Waals surface area contributed by atoms with Crippen LogP contribution in [0.4, 0.5) is 4.39 Å². The summed E-state index contributed by atoms with van der Waals surface area (Å²) in [5.74, 6) is -3.87. The maximum atomic E-state index is 13.2. The first kappa shape index (κ1) is 12.8. The van der Waals surface area contributed by atoms with Gasteiger partial charge in [0.05, 0.1) is 12.3 Å². The Morgan fingerprint density at radius 3 is 2.40 bits per heavy atom. The number of ketones is 4. The SMILES string of the molecule is O=C1CCC(C2C(=O)c3ccc(F)cc3C2=O)C(=O)C1. The van der Waals surface area contributed by atoms with Gasteiger partial charge in [-0.3, -0.25) is 19.2 Å². The molecule has 0 aromatic heterocycles. The Kier molecular flexibility index (Phi) is 2.85. The van der Waals surface area contributed by atoms with Crippen LogP contribution >= 0.6 is 0 Å². The van der Waals surface area contributed by atoms with E-state index in [0.717, 1.165) is 12.1 Å². The van der Waals surface area contributed by atoms with Gasteiger partial charge in [0, 0.05) is 23.5 Å². The minimum Gasteiger partial charge on any atom is -0.299 e. The lowest BCUT2D eigenvalue weighted by Gasteiger charge is -2.23. The molecule has 0 heterocycles. The van der Waals surface area contributed by atoms with Crippen molar-refractivity contribution in [2.45, 2.75) is 19.3 Å². The molecule has 2 atom stereocenters. The van der Waals surface area contributed by atoms with Gasteiger partial charge >= 0.3 is 0 Å². The van der Waals surface area contributed by atoms with E-state index in [1.54, 1.807) is 0 Å². The lowest BCUT2D eigenvalue weighted by Crippen LogP contribution is -2.36. The minimum atomic E-state index is -1.08. The van der Waals surface area contributed by atoms with Crippen LogP contribution in [0.2, 0.25) is 0 Å². The third kappa shape index (κ3) is 1.81. The molecule has 0 N–H and O–H groups in total. The number of fused-ring (bicyclic) bond motifs is 1. The molecule has 0 aliphatic heterocycles. The average molecular weight is 274 g/mol. The van der Waals surface area contributed by atoms with Crippen molar-refractivity contribution in [2.75, 3.05) is 0 Å². The quantitative estimate of drug-likeness (QED) is 0.732. The van der Waals surface area contributed by atoms with Crippen LogP contribution in [-0.2, 0) is 9.59 Å². The van der Waals surface area contributed by atoms with Crippen molar-refractivity contribution in [3.63, 3.8) is 0 Å². The van der Waals surface area contributed by atoms with E-state index in [9.17, 15) is 23.6 Å². The van der Waals surface area contributed by atoms with Crippen LogP contribution in [0.5, 0.6) is 0 Å². The highest BCUT2D eigenvalue weighted by atomic mass is 19.1. The van der Waals surface area contributed by atoms with Gasteiger partial charge in [-0.1, -0.05) is 0 Å². The van der Waals surface area contributed by atoms with Crippen LogP contribution in [0.15, 0.2) is 18.2 Å². The average Bonchev–Trinajstić information content (AvgIpc) is 2.63. The van der Waals surface area contributed by atoms with Gasteiger partial charge in [-0.05, 0) is 24.6 Å². The first-order valence-corrected chi connectivity index (χ1v) is 6.41. The van der Waals surface area contributed by atoms with Gasteiger partial charge in [-0.2, -0.15) is 0 Å². The largest absolute Gasteiger partial charge is 0.299 e. The molecule has 0 radical (unpaired) electrons. The van der Waals surface area contributed by atoms with Crippen molar-refractivity contribution < 1.29 is 23.6 Å². The van der Waals surface area contributed by atoms with Gasteiger partial charge in [-0.15, -0.1) is 0 Å². The predicted octanol–water partition coefficient (Wildman–Crippen LogP) is 1.76. The Morgan fingerprint density at radius 2 is 1.70 bits per heavy atom. The van der Waals surface area contributed by atoms with E-state index in [0.29, 0.717) is 0 Å². The summed E-state index contributed by atoms with van der Waals surface area (Å²) < 4.78 is 13.2. The summed E-state index contributed by atoms with van der Waals surface area (Å²) in [6.45, 7) is 0. The normalized spacial score (nSPS) is 26.1. The summed E-state index contributed by atoms with van der Waals surface area (Å²) in [5, 5.41) is 0. The predicted molar refractivity (Wildman–Crippen MR) is 65.9 cm³/mol. The number of Topliss-reactive ketones (excluding diaryl/α,β-unsaturated/α-hetero) is 4. The third-order valence-corrected chi connectivity index (χ3v) is 4.00. The molecule has 2 aliphatic rings. The highest BCUT2D eigenvalue weighted by Gasteiger charge is 2.47. The number of hydrogen-bond acceptors (Lipinski definition) is 4. The van der Waals surface area contributed by atoms with E-state index >= 15 is 0 Å². The number of halogens is 1. The molecular weight excluding hydrogens is 263 g/mol. The highest BCUT2D eigenvalue weighted by Crippen LogP contribution is 2.36. The second-order valence-electron chi connectivity index (χ2n) is 5.22. The van der Waals surface area contributed by atoms with Crippen molar-refractivity contribution in [2.24, 2.45) is 11.8 Å². The molecule has 2 unspecified atom stereocenters. The summed E-state index contributed by atoms with van der Waals surface area (Å²) in [6.07, 6.45) is 0.209. The van der Waals surface area contributed by atoms with Gasteiger partial charge in [0.1, 0.15) is 17.4 Å². The van der Waals surface area contributed by atoms with Gasteiger partial charge in [0.2, 0.25) is 0 Å². The van der Waals surface area contributed by atoms with Gasteiger partial charge in [0.25, 0.3) is 0 Å². The first-order valence-electron chi connectivity index (χ1n) is 6.41. The third-order valence-electron chi connectivity index (χ3n) is 4.00. The maximum absolute atomic E-state index is 13.2. The lowest BCUT2D eigenvalue weighted by molar-refractivity contribution is -0.133. The van der Waals surface area contributed by atoms with E-state index in [1.807, 2.05) is 0 Å². The standard InChI is InChI=1S/C15H11FO4/c16-7-1-3-9-11(5-7)15(20)13(14(9)19)10-4-2-8(17)6-12(10)18/h1,3,5,10,13H,2,4,6H2. The smallest absolute Gasteiger partial charge is 0.175 e. The molecule has 1 fully saturated rings. The van der Waals surface area contributed by atoms with E-state index in [4.69, 9.17) is 0 Å². The van der Waals surface area contributed by atoms with Crippen LogP contribution in [0.1, 0.15) is 40.0 Å². The molecule has 1 aromatic rings. The minimum absolute atomic E-state index is 0.0460. The molecule has 4 nitrogen and oxygen atoms in total. The molecule has 0 spiro atoms. The molecule has 20 heavy (non-hydrogen) atoms. The van der Waals surface area contributed by atoms with Gasteiger partial charge < -0.3 is 0 Å². The molecule has 0 saturated heterocycles. The Labute approximate surface area is 114 Å². The fraction of sp³-hybridized carbons (Fsp3) is 0.333. The Bertz CT molecular complexity index is 662. The molecular formula is C15H11FO4. The second kappa shape index (κ2) is 4.44. The summed E-state index contributed by atoms with van der Waals surface area (Å²) >= 11 is 0. The first-order chi connectivity index (χ1) is 9.49. The zero-order valence-corrected chi connectivity index (χ0v) is 10.5. The van der Waals surface area contributed by atoms with Crippen LogP contribution in [-0.4, -0.2) is 23.1 Å². The fourth-order valence-electron chi connectivity index (χ4n) is 3.00. The monoisotopic (exact) mass is 274 g/mol. The Balaban J connectivity index is 1.97. The van der Waals surface area contributed by atoms with E-state index in [-0.39, 0.29) is 42.0 Å². The fourth-order valence-corrected chi connectivity index (χ4v) is 3.00. The topological polar surface area (TPSA) is 68.3 Å². The van der Waals surface area contributed by atoms with Crippen molar-refractivity contribution >= 4 is 23.1 Å². The van der Waals surface area contributed by atoms with Crippen molar-refractivity contribution in [3.05, 3.63) is 35.1 Å². The van der Waals surface area contributed by atoms with E-state index < -0.39 is 29.2 Å². The molecule has 2 aliphatic carbocycles. The molecule has 1 aromatic carbocycles. The maximum Gasteiger partial charge on any atom is 0.175 e. The van der Waals surface area contributed by atoms with Crippen LogP contribution in [0, 0.1) is 17.7 Å². The summed E-state index contributed by atoms with van der Waals surface area (Å²) in [7, 11) is 0. The summed E-state index contributed by atoms with van der Waals surface area (Å²) in [5.41, 5.74) is 0.218. The zero-order chi connectivity index (χ0) is 14.4. The van der Waals surface area contributed by atoms with E-state index in [1.165, 1.54) is 6.07 Å². The molecule has 1 saturated carbocycles.